The van der Waals surface area contributed by atoms with Gasteiger partial charge in [0.05, 0.1) is 12.1 Å². The van der Waals surface area contributed by atoms with Crippen LogP contribution in [0.3, 0.4) is 0 Å². The number of hydrogen-bond donors (Lipinski definition) is 1. The molecule has 0 fully saturated rings. The van der Waals surface area contributed by atoms with Crippen molar-refractivity contribution in [1.29, 1.82) is 0 Å². The normalized spacial score (nSPS) is 15.8. The van der Waals surface area contributed by atoms with Crippen molar-refractivity contribution in [2.75, 3.05) is 19.6 Å². The van der Waals surface area contributed by atoms with E-state index in [1.807, 2.05) is 19.9 Å². The van der Waals surface area contributed by atoms with Crippen LogP contribution in [0.15, 0.2) is 24.5 Å². The van der Waals surface area contributed by atoms with Gasteiger partial charge < -0.3 is 5.32 Å². The van der Waals surface area contributed by atoms with E-state index in [9.17, 15) is 4.79 Å². The molecule has 2 heterocycles. The van der Waals surface area contributed by atoms with E-state index < -0.39 is 5.54 Å². The van der Waals surface area contributed by atoms with Gasteiger partial charge in [-0.15, -0.1) is 0 Å². The standard InChI is InChI=1S/C19H26N4O/c1-14(2)11-22-18(24)19(3,4)23-8-6-15(7-9-23)16-10-17(20-5)13-21-12-16/h6,10,12-14H,7-9,11H2,1-4H3,(H,22,24). The van der Waals surface area contributed by atoms with E-state index in [1.165, 1.54) is 5.57 Å². The number of amides is 1. The summed E-state index contributed by atoms with van der Waals surface area (Å²) in [6.07, 6.45) is 6.38. The van der Waals surface area contributed by atoms with Crippen LogP contribution in [0.2, 0.25) is 0 Å². The summed E-state index contributed by atoms with van der Waals surface area (Å²) in [5, 5.41) is 3.03. The van der Waals surface area contributed by atoms with Crippen LogP contribution in [0.1, 0.15) is 39.7 Å². The Morgan fingerprint density at radius 2 is 2.21 bits per heavy atom. The van der Waals surface area contributed by atoms with Gasteiger partial charge in [0.2, 0.25) is 11.6 Å². The maximum Gasteiger partial charge on any atom is 0.239 e. The summed E-state index contributed by atoms with van der Waals surface area (Å²) in [7, 11) is 0. The Morgan fingerprint density at radius 1 is 1.46 bits per heavy atom. The number of carbonyl (C=O) groups is 1. The lowest BCUT2D eigenvalue weighted by Crippen LogP contribution is -2.56. The van der Waals surface area contributed by atoms with E-state index in [4.69, 9.17) is 6.57 Å². The predicted molar refractivity (Wildman–Crippen MR) is 96.6 cm³/mol. The molecule has 0 unspecified atom stereocenters. The first-order valence-corrected chi connectivity index (χ1v) is 8.40. The third kappa shape index (κ3) is 4.21. The van der Waals surface area contributed by atoms with Gasteiger partial charge in [-0.3, -0.25) is 14.7 Å². The fraction of sp³-hybridized carbons (Fsp3) is 0.526. The van der Waals surface area contributed by atoms with Gasteiger partial charge in [-0.25, -0.2) is 4.85 Å². The van der Waals surface area contributed by atoms with Crippen LogP contribution in [0, 0.1) is 12.5 Å². The summed E-state index contributed by atoms with van der Waals surface area (Å²) >= 11 is 0. The first kappa shape index (κ1) is 18.2. The monoisotopic (exact) mass is 326 g/mol. The van der Waals surface area contributed by atoms with Crippen molar-refractivity contribution in [3.05, 3.63) is 41.5 Å². The molecule has 24 heavy (non-hydrogen) atoms. The molecule has 0 spiro atoms. The predicted octanol–water partition coefficient (Wildman–Crippen LogP) is 3.27. The van der Waals surface area contributed by atoms with Crippen LogP contribution in [-0.4, -0.2) is 41.0 Å². The summed E-state index contributed by atoms with van der Waals surface area (Å²) in [6, 6.07) is 1.88. The highest BCUT2D eigenvalue weighted by atomic mass is 16.2. The van der Waals surface area contributed by atoms with Gasteiger partial charge in [-0.1, -0.05) is 19.9 Å². The molecule has 0 aromatic carbocycles. The quantitative estimate of drug-likeness (QED) is 0.845. The fourth-order valence-corrected chi connectivity index (χ4v) is 2.76. The van der Waals surface area contributed by atoms with E-state index in [0.29, 0.717) is 18.2 Å². The maximum atomic E-state index is 12.5. The zero-order valence-electron chi connectivity index (χ0n) is 15.0. The molecular formula is C19H26N4O. The van der Waals surface area contributed by atoms with Crippen molar-refractivity contribution in [2.45, 2.75) is 39.7 Å². The van der Waals surface area contributed by atoms with E-state index in [0.717, 1.165) is 25.1 Å². The molecule has 0 bridgehead atoms. The molecule has 1 aliphatic heterocycles. The van der Waals surface area contributed by atoms with Gasteiger partial charge in [-0.2, -0.15) is 0 Å². The van der Waals surface area contributed by atoms with E-state index in [1.54, 1.807) is 12.4 Å². The third-order valence-electron chi connectivity index (χ3n) is 4.45. The Kier molecular flexibility index (Phi) is 5.74. The molecule has 0 saturated carbocycles. The highest BCUT2D eigenvalue weighted by Crippen LogP contribution is 2.27. The molecule has 1 aromatic heterocycles. The van der Waals surface area contributed by atoms with Crippen LogP contribution in [0.4, 0.5) is 5.69 Å². The topological polar surface area (TPSA) is 49.6 Å². The number of nitrogens with one attached hydrogen (secondary N) is 1. The SMILES string of the molecule is [C-]#[N+]c1cncc(C2=CCN(C(C)(C)C(=O)NCC(C)C)CC2)c1. The third-order valence-corrected chi connectivity index (χ3v) is 4.45. The van der Waals surface area contributed by atoms with Gasteiger partial charge in [0.25, 0.3) is 0 Å². The zero-order valence-corrected chi connectivity index (χ0v) is 15.0. The number of aromatic nitrogens is 1. The Balaban J connectivity index is 2.05. The van der Waals surface area contributed by atoms with E-state index in [-0.39, 0.29) is 5.91 Å². The summed E-state index contributed by atoms with van der Waals surface area (Å²) < 4.78 is 0. The highest BCUT2D eigenvalue weighted by molar-refractivity contribution is 5.85. The van der Waals surface area contributed by atoms with Gasteiger partial charge >= 0.3 is 0 Å². The van der Waals surface area contributed by atoms with Crippen molar-refractivity contribution in [2.24, 2.45) is 5.92 Å². The molecule has 1 N–H and O–H groups in total. The molecule has 128 valence electrons. The maximum absolute atomic E-state index is 12.5. The molecular weight excluding hydrogens is 300 g/mol. The number of rotatable bonds is 5. The number of carbonyl (C=O) groups excluding carboxylic acids is 1. The van der Waals surface area contributed by atoms with Crippen molar-refractivity contribution < 1.29 is 4.79 Å². The summed E-state index contributed by atoms with van der Waals surface area (Å²) in [5.41, 5.74) is 2.23. The van der Waals surface area contributed by atoms with Gasteiger partial charge in [-0.05, 0) is 43.4 Å². The van der Waals surface area contributed by atoms with Gasteiger partial charge in [0.15, 0.2) is 0 Å². The van der Waals surface area contributed by atoms with Crippen molar-refractivity contribution in [1.82, 2.24) is 15.2 Å². The zero-order chi connectivity index (χ0) is 17.7. The Hall–Kier alpha value is -2.19. The largest absolute Gasteiger partial charge is 0.354 e. The Bertz CT molecular complexity index is 670. The van der Waals surface area contributed by atoms with Crippen molar-refractivity contribution >= 4 is 17.2 Å². The molecule has 0 atom stereocenters. The molecule has 5 heteroatoms. The number of pyridine rings is 1. The number of nitrogens with zero attached hydrogens (tertiary/aromatic N) is 3. The lowest BCUT2D eigenvalue weighted by atomic mass is 9.95. The summed E-state index contributed by atoms with van der Waals surface area (Å²) in [4.78, 5) is 22.2. The van der Waals surface area contributed by atoms with Crippen molar-refractivity contribution in [3.8, 4) is 0 Å². The Labute approximate surface area is 144 Å². The van der Waals surface area contributed by atoms with Gasteiger partial charge in [0, 0.05) is 32.0 Å². The Morgan fingerprint density at radius 3 is 2.79 bits per heavy atom. The minimum Gasteiger partial charge on any atom is -0.354 e. The first-order chi connectivity index (χ1) is 11.3. The first-order valence-electron chi connectivity index (χ1n) is 8.40. The van der Waals surface area contributed by atoms with E-state index >= 15 is 0 Å². The summed E-state index contributed by atoms with van der Waals surface area (Å²) in [5.74, 6) is 0.518. The van der Waals surface area contributed by atoms with Crippen LogP contribution in [0.5, 0.6) is 0 Å². The average Bonchev–Trinajstić information content (AvgIpc) is 2.59. The van der Waals surface area contributed by atoms with Crippen LogP contribution < -0.4 is 5.32 Å². The molecule has 0 saturated heterocycles. The molecule has 1 aliphatic rings. The fourth-order valence-electron chi connectivity index (χ4n) is 2.76. The van der Waals surface area contributed by atoms with Crippen LogP contribution in [0.25, 0.3) is 10.4 Å². The molecule has 5 nitrogen and oxygen atoms in total. The molecule has 2 rings (SSSR count). The molecule has 0 radical (unpaired) electrons. The summed E-state index contributed by atoms with van der Waals surface area (Å²) in [6.45, 7) is 17.5. The second kappa shape index (κ2) is 7.59. The van der Waals surface area contributed by atoms with E-state index in [2.05, 4.69) is 40.0 Å². The lowest BCUT2D eigenvalue weighted by Gasteiger charge is -2.39. The minimum absolute atomic E-state index is 0.0738. The second-order valence-corrected chi connectivity index (χ2v) is 7.13. The second-order valence-electron chi connectivity index (χ2n) is 7.13. The molecule has 0 aliphatic carbocycles. The smallest absolute Gasteiger partial charge is 0.239 e. The van der Waals surface area contributed by atoms with Crippen LogP contribution >= 0.6 is 0 Å². The van der Waals surface area contributed by atoms with Crippen LogP contribution in [-0.2, 0) is 4.79 Å². The highest BCUT2D eigenvalue weighted by Gasteiger charge is 2.35. The molecule has 1 amide bonds. The minimum atomic E-state index is -0.534. The lowest BCUT2D eigenvalue weighted by molar-refractivity contribution is -0.131. The van der Waals surface area contributed by atoms with Gasteiger partial charge in [0.1, 0.15) is 0 Å². The number of hydrogen-bond acceptors (Lipinski definition) is 3. The molecule has 1 aromatic rings. The average molecular weight is 326 g/mol. The van der Waals surface area contributed by atoms with Crippen molar-refractivity contribution in [3.63, 3.8) is 0 Å².